The van der Waals surface area contributed by atoms with E-state index in [1.807, 2.05) is 0 Å². The van der Waals surface area contributed by atoms with Gasteiger partial charge in [-0.05, 0) is 18.5 Å². The van der Waals surface area contributed by atoms with Crippen LogP contribution in [0.3, 0.4) is 0 Å². The van der Waals surface area contributed by atoms with E-state index in [2.05, 4.69) is 23.1 Å². The van der Waals surface area contributed by atoms with Crippen molar-refractivity contribution in [3.8, 4) is 0 Å². The van der Waals surface area contributed by atoms with E-state index in [0.29, 0.717) is 0 Å². The van der Waals surface area contributed by atoms with Crippen LogP contribution in [0.1, 0.15) is 84.5 Å². The minimum atomic E-state index is 0.965. The van der Waals surface area contributed by atoms with Crippen molar-refractivity contribution in [3.05, 3.63) is 0 Å². The fourth-order valence-electron chi connectivity index (χ4n) is 2.23. The van der Waals surface area contributed by atoms with Crippen molar-refractivity contribution in [1.29, 1.82) is 0 Å². The summed E-state index contributed by atoms with van der Waals surface area (Å²) in [6.45, 7) is 4.72. The molecule has 0 aliphatic carbocycles. The van der Waals surface area contributed by atoms with E-state index < -0.39 is 0 Å². The summed E-state index contributed by atoms with van der Waals surface area (Å²) in [7, 11) is 2.83. The van der Waals surface area contributed by atoms with Crippen molar-refractivity contribution in [2.24, 2.45) is 5.92 Å². The van der Waals surface area contributed by atoms with Gasteiger partial charge in [-0.2, -0.15) is 0 Å². The molecule has 0 nitrogen and oxygen atoms in total. The second kappa shape index (κ2) is 13.5. The van der Waals surface area contributed by atoms with Crippen LogP contribution in [0.25, 0.3) is 0 Å². The maximum atomic E-state index is 2.83. The number of rotatable bonds is 12. The first kappa shape index (κ1) is 16.4. The second-order valence-electron chi connectivity index (χ2n) is 5.30. The first-order valence-electron chi connectivity index (χ1n) is 7.51. The average molecular weight is 244 g/mol. The van der Waals surface area contributed by atoms with E-state index in [4.69, 9.17) is 0 Å². The highest BCUT2D eigenvalue weighted by Gasteiger charge is 2.01. The Bertz CT molecular complexity index is 123. The van der Waals surface area contributed by atoms with E-state index in [9.17, 15) is 0 Å². The maximum absolute atomic E-state index is 2.83. The highest BCUT2D eigenvalue weighted by atomic mass is 31.0. The molecular formula is C15H33P. The molecule has 98 valence electrons. The second-order valence-corrected chi connectivity index (χ2v) is 5.88. The van der Waals surface area contributed by atoms with Gasteiger partial charge in [-0.3, -0.25) is 0 Å². The lowest BCUT2D eigenvalue weighted by Crippen LogP contribution is -1.95. The van der Waals surface area contributed by atoms with Gasteiger partial charge in [0.1, 0.15) is 0 Å². The molecule has 0 saturated carbocycles. The van der Waals surface area contributed by atoms with Crippen LogP contribution in [0.4, 0.5) is 0 Å². The molecule has 16 heavy (non-hydrogen) atoms. The summed E-state index contributed by atoms with van der Waals surface area (Å²) in [6, 6.07) is 0. The Morgan fingerprint density at radius 1 is 0.750 bits per heavy atom. The van der Waals surface area contributed by atoms with Gasteiger partial charge in [0.05, 0.1) is 0 Å². The zero-order valence-corrected chi connectivity index (χ0v) is 12.8. The molecule has 0 spiro atoms. The van der Waals surface area contributed by atoms with E-state index in [-0.39, 0.29) is 0 Å². The Kier molecular flexibility index (Phi) is 13.9. The summed E-state index contributed by atoms with van der Waals surface area (Å²) in [5.74, 6) is 0.965. The lowest BCUT2D eigenvalue weighted by Gasteiger charge is -2.10. The van der Waals surface area contributed by atoms with Gasteiger partial charge in [-0.15, -0.1) is 9.24 Å². The molecule has 0 aromatic rings. The lowest BCUT2D eigenvalue weighted by molar-refractivity contribution is 0.442. The summed E-state index contributed by atoms with van der Waals surface area (Å²) in [4.78, 5) is 0. The van der Waals surface area contributed by atoms with Crippen LogP contribution in [0.5, 0.6) is 0 Å². The molecule has 0 rings (SSSR count). The number of hydrogen-bond donors (Lipinski definition) is 0. The molecule has 0 amide bonds. The van der Waals surface area contributed by atoms with E-state index in [1.54, 1.807) is 0 Å². The largest absolute Gasteiger partial charge is 0.138 e. The van der Waals surface area contributed by atoms with Crippen molar-refractivity contribution in [2.75, 3.05) is 6.16 Å². The van der Waals surface area contributed by atoms with Gasteiger partial charge in [-0.25, -0.2) is 0 Å². The Morgan fingerprint density at radius 3 is 1.81 bits per heavy atom. The van der Waals surface area contributed by atoms with E-state index in [1.165, 1.54) is 76.8 Å². The Hall–Kier alpha value is 0.430. The Balaban J connectivity index is 3.06. The van der Waals surface area contributed by atoms with Crippen LogP contribution in [0.2, 0.25) is 0 Å². The summed E-state index contributed by atoms with van der Waals surface area (Å²) < 4.78 is 0. The summed E-state index contributed by atoms with van der Waals surface area (Å²) in [6.07, 6.45) is 17.2. The molecule has 0 saturated heterocycles. The molecule has 0 N–H and O–H groups in total. The van der Waals surface area contributed by atoms with Crippen molar-refractivity contribution >= 4 is 9.24 Å². The zero-order chi connectivity index (χ0) is 12.1. The molecular weight excluding hydrogens is 211 g/mol. The fraction of sp³-hybridized carbons (Fsp3) is 1.00. The zero-order valence-electron chi connectivity index (χ0n) is 11.6. The molecule has 2 unspecified atom stereocenters. The molecule has 0 bridgehead atoms. The van der Waals surface area contributed by atoms with Crippen LogP contribution in [0, 0.1) is 5.92 Å². The highest BCUT2D eigenvalue weighted by molar-refractivity contribution is 7.16. The lowest BCUT2D eigenvalue weighted by atomic mass is 9.97. The van der Waals surface area contributed by atoms with Gasteiger partial charge in [0.2, 0.25) is 0 Å². The molecule has 0 heterocycles. The van der Waals surface area contributed by atoms with E-state index in [0.717, 1.165) is 5.92 Å². The van der Waals surface area contributed by atoms with Crippen molar-refractivity contribution in [1.82, 2.24) is 0 Å². The molecule has 0 aliphatic rings. The first-order valence-corrected chi connectivity index (χ1v) is 8.33. The minimum absolute atomic E-state index is 0.965. The Morgan fingerprint density at radius 2 is 1.25 bits per heavy atom. The predicted molar refractivity (Wildman–Crippen MR) is 80.2 cm³/mol. The number of hydrogen-bond acceptors (Lipinski definition) is 0. The standard InChI is InChI=1S/C15H33P/c1-3-4-5-6-7-8-9-12-15(2)13-10-11-14-16/h15H,3-14,16H2,1-2H3. The quantitative estimate of drug-likeness (QED) is 0.300. The maximum Gasteiger partial charge on any atom is -0.0381 e. The molecule has 0 aliphatic heterocycles. The molecule has 1 heteroatoms. The van der Waals surface area contributed by atoms with Crippen molar-refractivity contribution in [2.45, 2.75) is 84.5 Å². The van der Waals surface area contributed by atoms with Gasteiger partial charge in [-0.1, -0.05) is 78.1 Å². The SMILES string of the molecule is CCCCCCCCCC(C)CCCCP. The third-order valence-corrected chi connectivity index (χ3v) is 3.86. The van der Waals surface area contributed by atoms with Crippen LogP contribution in [-0.4, -0.2) is 6.16 Å². The van der Waals surface area contributed by atoms with Crippen LogP contribution in [-0.2, 0) is 0 Å². The van der Waals surface area contributed by atoms with Crippen LogP contribution < -0.4 is 0 Å². The summed E-state index contributed by atoms with van der Waals surface area (Å²) >= 11 is 0. The molecule has 0 fully saturated rings. The average Bonchev–Trinajstić information content (AvgIpc) is 2.28. The minimum Gasteiger partial charge on any atom is -0.138 e. The van der Waals surface area contributed by atoms with Gasteiger partial charge in [0, 0.05) is 0 Å². The fourth-order valence-corrected chi connectivity index (χ4v) is 2.52. The third-order valence-electron chi connectivity index (χ3n) is 3.45. The molecule has 2 atom stereocenters. The van der Waals surface area contributed by atoms with Crippen molar-refractivity contribution < 1.29 is 0 Å². The monoisotopic (exact) mass is 244 g/mol. The smallest absolute Gasteiger partial charge is 0.0381 e. The Labute approximate surface area is 106 Å². The van der Waals surface area contributed by atoms with Crippen LogP contribution >= 0.6 is 9.24 Å². The first-order chi connectivity index (χ1) is 7.81. The van der Waals surface area contributed by atoms with Gasteiger partial charge < -0.3 is 0 Å². The predicted octanol–water partition coefficient (Wildman–Crippen LogP) is 5.81. The van der Waals surface area contributed by atoms with E-state index >= 15 is 0 Å². The van der Waals surface area contributed by atoms with Crippen molar-refractivity contribution in [3.63, 3.8) is 0 Å². The van der Waals surface area contributed by atoms with Gasteiger partial charge >= 0.3 is 0 Å². The van der Waals surface area contributed by atoms with Gasteiger partial charge in [0.15, 0.2) is 0 Å². The molecule has 0 aromatic carbocycles. The molecule has 0 aromatic heterocycles. The normalized spacial score (nSPS) is 12.9. The highest BCUT2D eigenvalue weighted by Crippen LogP contribution is 2.17. The summed E-state index contributed by atoms with van der Waals surface area (Å²) in [5, 5.41) is 0. The third kappa shape index (κ3) is 12.5. The van der Waals surface area contributed by atoms with Gasteiger partial charge in [0.25, 0.3) is 0 Å². The number of unbranched alkanes of at least 4 members (excludes halogenated alkanes) is 7. The summed E-state index contributed by atoms with van der Waals surface area (Å²) in [5.41, 5.74) is 0. The molecule has 0 radical (unpaired) electrons. The van der Waals surface area contributed by atoms with Crippen LogP contribution in [0.15, 0.2) is 0 Å². The topological polar surface area (TPSA) is 0 Å².